The van der Waals surface area contributed by atoms with Gasteiger partial charge >= 0.3 is 5.97 Å². The third kappa shape index (κ3) is 3.39. The molecule has 2 unspecified atom stereocenters. The number of ether oxygens (including phenoxy) is 3. The summed E-state index contributed by atoms with van der Waals surface area (Å²) in [7, 11) is 1.31. The van der Waals surface area contributed by atoms with Crippen molar-refractivity contribution in [3.63, 3.8) is 0 Å². The molecule has 110 valence electrons. The van der Waals surface area contributed by atoms with Crippen LogP contribution in [0.2, 0.25) is 0 Å². The molecule has 0 spiro atoms. The summed E-state index contributed by atoms with van der Waals surface area (Å²) in [5.41, 5.74) is 6.30. The molecule has 0 aliphatic carbocycles. The molecule has 6 heteroatoms. The van der Waals surface area contributed by atoms with Crippen LogP contribution in [0.25, 0.3) is 0 Å². The quantitative estimate of drug-likeness (QED) is 0.850. The average molecular weight is 280 g/mol. The first-order chi connectivity index (χ1) is 9.49. The zero-order valence-electron chi connectivity index (χ0n) is 12.0. The Balaban J connectivity index is 2.18. The van der Waals surface area contributed by atoms with Gasteiger partial charge in [-0.05, 0) is 19.9 Å². The number of aromatic nitrogens is 1. The maximum Gasteiger partial charge on any atom is 0.343 e. The largest absolute Gasteiger partial charge is 0.474 e. The second-order valence-corrected chi connectivity index (χ2v) is 5.08. The molecule has 1 aromatic heterocycles. The van der Waals surface area contributed by atoms with Crippen LogP contribution in [0.5, 0.6) is 5.88 Å². The van der Waals surface area contributed by atoms with Gasteiger partial charge in [-0.25, -0.2) is 9.78 Å². The summed E-state index contributed by atoms with van der Waals surface area (Å²) in [6.45, 7) is 4.01. The molecule has 1 saturated heterocycles. The highest BCUT2D eigenvalue weighted by Gasteiger charge is 2.27. The summed E-state index contributed by atoms with van der Waals surface area (Å²) in [6, 6.07) is 1.51. The Labute approximate surface area is 118 Å². The van der Waals surface area contributed by atoms with Crippen molar-refractivity contribution in [2.45, 2.75) is 45.0 Å². The van der Waals surface area contributed by atoms with Crippen LogP contribution < -0.4 is 10.5 Å². The van der Waals surface area contributed by atoms with Gasteiger partial charge in [0.1, 0.15) is 11.7 Å². The second-order valence-electron chi connectivity index (χ2n) is 5.08. The lowest BCUT2D eigenvalue weighted by Gasteiger charge is -2.32. The van der Waals surface area contributed by atoms with Gasteiger partial charge in [0, 0.05) is 12.8 Å². The lowest BCUT2D eigenvalue weighted by atomic mass is 10.0. The van der Waals surface area contributed by atoms with E-state index >= 15 is 0 Å². The van der Waals surface area contributed by atoms with Crippen LogP contribution in [0, 0.1) is 0 Å². The molecule has 0 radical (unpaired) electrons. The molecule has 0 aromatic carbocycles. The Morgan fingerprint density at radius 1 is 1.40 bits per heavy atom. The first kappa shape index (κ1) is 14.6. The van der Waals surface area contributed by atoms with Gasteiger partial charge < -0.3 is 19.9 Å². The minimum atomic E-state index is -0.507. The van der Waals surface area contributed by atoms with Gasteiger partial charge in [0.25, 0.3) is 0 Å². The Kier molecular flexibility index (Phi) is 4.44. The maximum absolute atomic E-state index is 11.7. The summed E-state index contributed by atoms with van der Waals surface area (Å²) in [5.74, 6) is -0.245. The molecule has 1 aliphatic heterocycles. The Bertz CT molecular complexity index is 482. The minimum Gasteiger partial charge on any atom is -0.474 e. The predicted octanol–water partition coefficient (Wildman–Crippen LogP) is 1.79. The van der Waals surface area contributed by atoms with Crippen LogP contribution >= 0.6 is 0 Å². The molecule has 1 fully saturated rings. The van der Waals surface area contributed by atoms with Gasteiger partial charge in [-0.3, -0.25) is 0 Å². The van der Waals surface area contributed by atoms with Crippen molar-refractivity contribution in [1.29, 1.82) is 0 Å². The lowest BCUT2D eigenvalue weighted by molar-refractivity contribution is -0.0731. The zero-order valence-corrected chi connectivity index (χ0v) is 12.0. The number of methoxy groups -OCH3 is 1. The molecule has 0 bridgehead atoms. The van der Waals surface area contributed by atoms with E-state index in [4.69, 9.17) is 19.9 Å². The number of nitrogens with zero attached hydrogens (tertiary/aromatic N) is 1. The Morgan fingerprint density at radius 2 is 2.05 bits per heavy atom. The van der Waals surface area contributed by atoms with E-state index in [1.54, 1.807) is 0 Å². The standard InChI is InChI=1S/C14H20N2O4/c1-8-4-11(5-9(2)19-8)20-13-12(14(17)18-3)6-10(15)7-16-13/h6-9,11H,4-5,15H2,1-3H3. The monoisotopic (exact) mass is 280 g/mol. The second kappa shape index (κ2) is 6.09. The van der Waals surface area contributed by atoms with Gasteiger partial charge in [0.15, 0.2) is 0 Å². The fraction of sp³-hybridized carbons (Fsp3) is 0.571. The van der Waals surface area contributed by atoms with E-state index in [2.05, 4.69) is 4.98 Å². The highest BCUT2D eigenvalue weighted by Crippen LogP contribution is 2.26. The van der Waals surface area contributed by atoms with Crippen LogP contribution in [0.15, 0.2) is 12.3 Å². The highest BCUT2D eigenvalue weighted by molar-refractivity contribution is 5.92. The molecule has 1 aliphatic rings. The number of carbonyl (C=O) groups excluding carboxylic acids is 1. The minimum absolute atomic E-state index is 0.0340. The normalized spacial score (nSPS) is 26.1. The van der Waals surface area contributed by atoms with E-state index in [0.717, 1.165) is 12.8 Å². The lowest BCUT2D eigenvalue weighted by Crippen LogP contribution is -2.36. The fourth-order valence-electron chi connectivity index (χ4n) is 2.42. The van der Waals surface area contributed by atoms with Crippen molar-refractivity contribution in [3.8, 4) is 5.88 Å². The number of nitrogens with two attached hydrogens (primary N) is 1. The molecular weight excluding hydrogens is 260 g/mol. The van der Waals surface area contributed by atoms with Crippen LogP contribution in [-0.2, 0) is 9.47 Å². The average Bonchev–Trinajstić information content (AvgIpc) is 2.38. The molecule has 20 heavy (non-hydrogen) atoms. The van der Waals surface area contributed by atoms with E-state index in [1.807, 2.05) is 13.8 Å². The van der Waals surface area contributed by atoms with E-state index in [-0.39, 0.29) is 29.8 Å². The van der Waals surface area contributed by atoms with Gasteiger partial charge in [0.05, 0.1) is 31.2 Å². The van der Waals surface area contributed by atoms with Crippen molar-refractivity contribution < 1.29 is 19.0 Å². The molecule has 6 nitrogen and oxygen atoms in total. The van der Waals surface area contributed by atoms with Gasteiger partial charge in [-0.15, -0.1) is 0 Å². The van der Waals surface area contributed by atoms with E-state index in [1.165, 1.54) is 19.4 Å². The molecule has 1 aromatic rings. The summed E-state index contributed by atoms with van der Waals surface area (Å²) < 4.78 is 16.2. The van der Waals surface area contributed by atoms with Crippen LogP contribution in [0.3, 0.4) is 0 Å². The van der Waals surface area contributed by atoms with Crippen molar-refractivity contribution in [1.82, 2.24) is 4.98 Å². The molecular formula is C14H20N2O4. The third-order valence-electron chi connectivity index (χ3n) is 3.21. The zero-order chi connectivity index (χ0) is 14.7. The molecule has 0 saturated carbocycles. The number of pyridine rings is 1. The summed E-state index contributed by atoms with van der Waals surface area (Å²) in [4.78, 5) is 15.8. The number of nitrogen functional groups attached to an aromatic ring is 1. The predicted molar refractivity (Wildman–Crippen MR) is 73.6 cm³/mol. The van der Waals surface area contributed by atoms with Gasteiger partial charge in [-0.2, -0.15) is 0 Å². The van der Waals surface area contributed by atoms with E-state index in [9.17, 15) is 4.79 Å². The maximum atomic E-state index is 11.7. The number of anilines is 1. The topological polar surface area (TPSA) is 83.7 Å². The molecule has 2 heterocycles. The van der Waals surface area contributed by atoms with Crippen LogP contribution in [0.1, 0.15) is 37.0 Å². The first-order valence-electron chi connectivity index (χ1n) is 6.65. The summed E-state index contributed by atoms with van der Waals surface area (Å²) in [6.07, 6.45) is 3.20. The summed E-state index contributed by atoms with van der Waals surface area (Å²) in [5, 5.41) is 0. The summed E-state index contributed by atoms with van der Waals surface area (Å²) >= 11 is 0. The molecule has 2 N–H and O–H groups in total. The van der Waals surface area contributed by atoms with Crippen LogP contribution in [0.4, 0.5) is 5.69 Å². The number of carbonyl (C=O) groups is 1. The Hall–Kier alpha value is -1.82. The molecule has 2 rings (SSSR count). The van der Waals surface area contributed by atoms with E-state index < -0.39 is 5.97 Å². The fourth-order valence-corrected chi connectivity index (χ4v) is 2.42. The smallest absolute Gasteiger partial charge is 0.343 e. The van der Waals surface area contributed by atoms with Gasteiger partial charge in [0.2, 0.25) is 5.88 Å². The number of hydrogen-bond acceptors (Lipinski definition) is 6. The highest BCUT2D eigenvalue weighted by atomic mass is 16.5. The Morgan fingerprint density at radius 3 is 2.65 bits per heavy atom. The molecule has 0 amide bonds. The van der Waals surface area contributed by atoms with Crippen molar-refractivity contribution in [2.75, 3.05) is 12.8 Å². The number of rotatable bonds is 3. The molecule has 2 atom stereocenters. The van der Waals surface area contributed by atoms with Crippen molar-refractivity contribution in [2.24, 2.45) is 0 Å². The third-order valence-corrected chi connectivity index (χ3v) is 3.21. The SMILES string of the molecule is COC(=O)c1cc(N)cnc1OC1CC(C)OC(C)C1. The van der Waals surface area contributed by atoms with Crippen LogP contribution in [-0.4, -0.2) is 36.4 Å². The van der Waals surface area contributed by atoms with Gasteiger partial charge in [-0.1, -0.05) is 0 Å². The van der Waals surface area contributed by atoms with E-state index in [0.29, 0.717) is 5.69 Å². The number of esters is 1. The van der Waals surface area contributed by atoms with Crippen molar-refractivity contribution in [3.05, 3.63) is 17.8 Å². The number of hydrogen-bond donors (Lipinski definition) is 1. The van der Waals surface area contributed by atoms with Crippen molar-refractivity contribution >= 4 is 11.7 Å². The first-order valence-corrected chi connectivity index (χ1v) is 6.65.